The molecule has 0 saturated carbocycles. The van der Waals surface area contributed by atoms with Gasteiger partial charge in [-0.15, -0.1) is 0 Å². The molecule has 6 N–H and O–H groups in total. The van der Waals surface area contributed by atoms with E-state index in [1.165, 1.54) is 173 Å². The fourth-order valence-electron chi connectivity index (χ4n) is 7.90. The molecule has 0 aliphatic rings. The van der Waals surface area contributed by atoms with E-state index in [1.54, 1.807) is 0 Å². The summed E-state index contributed by atoms with van der Waals surface area (Å²) in [5.41, 5.74) is 12.0. The summed E-state index contributed by atoms with van der Waals surface area (Å²) in [4.78, 5) is 5.05. The molecule has 0 spiro atoms. The SMILES string of the molecule is CCCCC/C=C\C/C=C/CCCCCCCCN(CC(O)CN)C(CCCCCCCCC)N(CCCCCCCC/C=C/C/C=C\CCCCC)CC(O)CN. The third kappa shape index (κ3) is 38.9. The van der Waals surface area contributed by atoms with E-state index < -0.39 is 12.2 Å². The Bertz CT molecular complexity index is 857. The molecule has 0 saturated heterocycles. The van der Waals surface area contributed by atoms with Crippen molar-refractivity contribution in [3.63, 3.8) is 0 Å². The minimum absolute atomic E-state index is 0.189. The van der Waals surface area contributed by atoms with Gasteiger partial charge in [-0.05, 0) is 96.6 Å². The molecule has 342 valence electrons. The van der Waals surface area contributed by atoms with E-state index in [1.807, 2.05) is 0 Å². The van der Waals surface area contributed by atoms with Gasteiger partial charge in [0.15, 0.2) is 0 Å². The van der Waals surface area contributed by atoms with Crippen LogP contribution < -0.4 is 11.5 Å². The summed E-state index contributed by atoms with van der Waals surface area (Å²) >= 11 is 0. The van der Waals surface area contributed by atoms with E-state index >= 15 is 0 Å². The topological polar surface area (TPSA) is 99.0 Å². The van der Waals surface area contributed by atoms with Crippen molar-refractivity contribution in [1.29, 1.82) is 0 Å². The van der Waals surface area contributed by atoms with E-state index in [0.717, 1.165) is 45.2 Å². The normalized spacial score (nSPS) is 14.2. The lowest BCUT2D eigenvalue weighted by Gasteiger charge is -2.42. The Labute approximate surface area is 362 Å². The molecule has 0 fully saturated rings. The number of allylic oxidation sites excluding steroid dienone is 8. The van der Waals surface area contributed by atoms with Gasteiger partial charge in [-0.1, -0.05) is 191 Å². The van der Waals surface area contributed by atoms with Gasteiger partial charge in [0, 0.05) is 26.2 Å². The fraction of sp³-hybridized carbons (Fsp3) is 0.846. The van der Waals surface area contributed by atoms with Crippen LogP contribution >= 0.6 is 0 Å². The molecule has 0 rings (SSSR count). The number of hydrogen-bond acceptors (Lipinski definition) is 6. The zero-order chi connectivity index (χ0) is 42.4. The average molecular weight is 815 g/mol. The second-order valence-electron chi connectivity index (χ2n) is 17.3. The van der Waals surface area contributed by atoms with E-state index in [0.29, 0.717) is 13.1 Å². The first-order valence-electron chi connectivity index (χ1n) is 25.4. The average Bonchev–Trinajstić information content (AvgIpc) is 3.23. The minimum atomic E-state index is -0.538. The Hall–Kier alpha value is -1.28. The number of nitrogens with zero attached hydrogens (tertiary/aromatic N) is 2. The van der Waals surface area contributed by atoms with Crippen molar-refractivity contribution in [1.82, 2.24) is 9.80 Å². The largest absolute Gasteiger partial charge is 0.390 e. The molecule has 6 heteroatoms. The standard InChI is InChI=1S/C52H102N4O2/c1-4-7-10-13-16-18-20-22-24-26-28-30-32-35-38-41-44-55(48-50(57)46-53)52(43-40-37-34-15-12-9-6-3)56(49-51(58)47-54)45-42-39-36-33-31-29-27-25-23-21-19-17-14-11-8-5-2/h16-19,22-25,50-52,57-58H,4-15,20-21,26-49,53-54H2,1-3H3/b18-16-,19-17-,24-22+,25-23+. The molecule has 0 radical (unpaired) electrons. The molecule has 0 bridgehead atoms. The molecular weight excluding hydrogens is 713 g/mol. The van der Waals surface area contributed by atoms with Crippen LogP contribution in [0.2, 0.25) is 0 Å². The lowest BCUT2D eigenvalue weighted by atomic mass is 10.0. The number of hydrogen-bond donors (Lipinski definition) is 4. The first-order chi connectivity index (χ1) is 28.5. The Kier molecular flexibility index (Phi) is 45.7. The van der Waals surface area contributed by atoms with Gasteiger partial charge in [-0.25, -0.2) is 0 Å². The van der Waals surface area contributed by atoms with E-state index in [4.69, 9.17) is 11.5 Å². The molecule has 6 nitrogen and oxygen atoms in total. The summed E-state index contributed by atoms with van der Waals surface area (Å²) in [6.45, 7) is 10.5. The highest BCUT2D eigenvalue weighted by Crippen LogP contribution is 2.21. The van der Waals surface area contributed by atoms with Crippen molar-refractivity contribution in [2.75, 3.05) is 39.3 Å². The molecule has 58 heavy (non-hydrogen) atoms. The molecule has 0 heterocycles. The Morgan fingerprint density at radius 1 is 0.379 bits per heavy atom. The summed E-state index contributed by atoms with van der Waals surface area (Å²) in [5.74, 6) is 0. The molecule has 2 unspecified atom stereocenters. The molecular formula is C52H102N4O2. The van der Waals surface area contributed by atoms with Crippen molar-refractivity contribution in [3.8, 4) is 0 Å². The van der Waals surface area contributed by atoms with Crippen LogP contribution in [-0.2, 0) is 0 Å². The van der Waals surface area contributed by atoms with E-state index in [2.05, 4.69) is 79.2 Å². The molecule has 0 aromatic heterocycles. The number of aliphatic hydroxyl groups excluding tert-OH is 2. The Morgan fingerprint density at radius 2 is 0.672 bits per heavy atom. The maximum Gasteiger partial charge on any atom is 0.0789 e. The summed E-state index contributed by atoms with van der Waals surface area (Å²) in [6.07, 6.45) is 57.7. The number of nitrogens with two attached hydrogens (primary N) is 2. The Morgan fingerprint density at radius 3 is 1.03 bits per heavy atom. The van der Waals surface area contributed by atoms with Gasteiger partial charge in [-0.2, -0.15) is 0 Å². The highest BCUT2D eigenvalue weighted by molar-refractivity contribution is 4.93. The second-order valence-corrected chi connectivity index (χ2v) is 17.3. The Balaban J connectivity index is 5.07. The van der Waals surface area contributed by atoms with Gasteiger partial charge in [0.25, 0.3) is 0 Å². The van der Waals surface area contributed by atoms with Crippen molar-refractivity contribution in [2.45, 2.75) is 245 Å². The van der Waals surface area contributed by atoms with Crippen molar-refractivity contribution in [2.24, 2.45) is 11.5 Å². The van der Waals surface area contributed by atoms with Crippen LogP contribution in [0.3, 0.4) is 0 Å². The van der Waals surface area contributed by atoms with Crippen LogP contribution in [0.15, 0.2) is 48.6 Å². The molecule has 0 aliphatic carbocycles. The first-order valence-corrected chi connectivity index (χ1v) is 25.4. The predicted molar refractivity (Wildman–Crippen MR) is 258 cm³/mol. The summed E-state index contributed by atoms with van der Waals surface area (Å²) in [6, 6.07) is 0. The van der Waals surface area contributed by atoms with E-state index in [-0.39, 0.29) is 19.3 Å². The lowest BCUT2D eigenvalue weighted by molar-refractivity contribution is -0.0161. The first kappa shape index (κ1) is 56.7. The maximum absolute atomic E-state index is 10.9. The zero-order valence-corrected chi connectivity index (χ0v) is 39.2. The third-order valence-electron chi connectivity index (χ3n) is 11.6. The van der Waals surface area contributed by atoms with Gasteiger partial charge in [-0.3, -0.25) is 9.80 Å². The smallest absolute Gasteiger partial charge is 0.0789 e. The lowest BCUT2D eigenvalue weighted by Crippen LogP contribution is -2.54. The fourth-order valence-corrected chi connectivity index (χ4v) is 7.90. The van der Waals surface area contributed by atoms with Crippen LogP contribution in [0.25, 0.3) is 0 Å². The van der Waals surface area contributed by atoms with Crippen LogP contribution in [0.4, 0.5) is 0 Å². The zero-order valence-electron chi connectivity index (χ0n) is 39.2. The summed E-state index contributed by atoms with van der Waals surface area (Å²) < 4.78 is 0. The van der Waals surface area contributed by atoms with Crippen molar-refractivity contribution in [3.05, 3.63) is 48.6 Å². The minimum Gasteiger partial charge on any atom is -0.390 e. The van der Waals surface area contributed by atoms with Crippen LogP contribution in [0, 0.1) is 0 Å². The third-order valence-corrected chi connectivity index (χ3v) is 11.6. The summed E-state index contributed by atoms with van der Waals surface area (Å²) in [5, 5.41) is 21.7. The monoisotopic (exact) mass is 815 g/mol. The van der Waals surface area contributed by atoms with Crippen molar-refractivity contribution < 1.29 is 10.2 Å². The highest BCUT2D eigenvalue weighted by Gasteiger charge is 2.27. The molecule has 2 atom stereocenters. The maximum atomic E-state index is 10.9. The summed E-state index contributed by atoms with van der Waals surface area (Å²) in [7, 11) is 0. The van der Waals surface area contributed by atoms with Gasteiger partial charge in [0.1, 0.15) is 0 Å². The van der Waals surface area contributed by atoms with Crippen LogP contribution in [0.5, 0.6) is 0 Å². The highest BCUT2D eigenvalue weighted by atomic mass is 16.3. The van der Waals surface area contributed by atoms with Gasteiger partial charge >= 0.3 is 0 Å². The van der Waals surface area contributed by atoms with Gasteiger partial charge in [0.2, 0.25) is 0 Å². The molecule has 0 aliphatic heterocycles. The second kappa shape index (κ2) is 46.8. The number of aliphatic hydroxyl groups is 2. The predicted octanol–water partition coefficient (Wildman–Crippen LogP) is 13.3. The van der Waals surface area contributed by atoms with Gasteiger partial charge in [0.05, 0.1) is 18.4 Å². The number of rotatable bonds is 46. The molecule has 0 aromatic rings. The van der Waals surface area contributed by atoms with Gasteiger partial charge < -0.3 is 21.7 Å². The molecule has 0 amide bonds. The number of unbranched alkanes of at least 4 members (excludes halogenated alkanes) is 24. The van der Waals surface area contributed by atoms with Crippen LogP contribution in [0.1, 0.15) is 226 Å². The molecule has 0 aromatic carbocycles. The van der Waals surface area contributed by atoms with E-state index in [9.17, 15) is 10.2 Å². The van der Waals surface area contributed by atoms with Crippen molar-refractivity contribution >= 4 is 0 Å². The quantitative estimate of drug-likeness (QED) is 0.0277. The van der Waals surface area contributed by atoms with Crippen LogP contribution in [-0.4, -0.2) is 77.7 Å².